The molecular weight excluding hydrogens is 192 g/mol. The Kier molecular flexibility index (Phi) is 4.12. The topological polar surface area (TPSA) is 58.2 Å². The fraction of sp³-hybridized carbons (Fsp3) is 0.818. The molecule has 4 heteroatoms. The molecule has 0 unspecified atom stereocenters. The third kappa shape index (κ3) is 4.32. The van der Waals surface area contributed by atoms with Crippen molar-refractivity contribution in [2.45, 2.75) is 27.2 Å². The molecule has 2 atom stereocenters. The maximum Gasteiger partial charge on any atom is 0.239 e. The van der Waals surface area contributed by atoms with Gasteiger partial charge in [0, 0.05) is 12.5 Å². The number of carbonyl (C=O) groups excluding carboxylic acids is 2. The summed E-state index contributed by atoms with van der Waals surface area (Å²) >= 11 is 0. The maximum absolute atomic E-state index is 11.4. The van der Waals surface area contributed by atoms with E-state index in [1.807, 2.05) is 20.8 Å². The van der Waals surface area contributed by atoms with Gasteiger partial charge in [0.1, 0.15) is 0 Å². The molecule has 4 nitrogen and oxygen atoms in total. The van der Waals surface area contributed by atoms with Crippen LogP contribution in [0.3, 0.4) is 0 Å². The fourth-order valence-electron chi connectivity index (χ4n) is 1.37. The van der Waals surface area contributed by atoms with Crippen LogP contribution in [0.2, 0.25) is 0 Å². The van der Waals surface area contributed by atoms with Crippen molar-refractivity contribution in [3.63, 3.8) is 0 Å². The molecule has 0 radical (unpaired) electrons. The van der Waals surface area contributed by atoms with Crippen LogP contribution in [0.15, 0.2) is 0 Å². The van der Waals surface area contributed by atoms with Crippen molar-refractivity contribution in [2.24, 2.45) is 17.8 Å². The minimum Gasteiger partial charge on any atom is -0.354 e. The van der Waals surface area contributed by atoms with Crippen LogP contribution >= 0.6 is 0 Å². The number of hydrogen-bond donors (Lipinski definition) is 2. The van der Waals surface area contributed by atoms with Gasteiger partial charge in [-0.25, -0.2) is 0 Å². The Morgan fingerprint density at radius 2 is 1.93 bits per heavy atom. The summed E-state index contributed by atoms with van der Waals surface area (Å²) in [6, 6.07) is 0. The van der Waals surface area contributed by atoms with E-state index in [0.29, 0.717) is 18.4 Å². The van der Waals surface area contributed by atoms with Crippen LogP contribution in [0.4, 0.5) is 0 Å². The molecule has 1 aliphatic rings. The molecule has 1 fully saturated rings. The van der Waals surface area contributed by atoms with E-state index in [1.54, 1.807) is 0 Å². The quantitative estimate of drug-likeness (QED) is 0.698. The molecule has 86 valence electrons. The van der Waals surface area contributed by atoms with Crippen LogP contribution in [-0.2, 0) is 9.59 Å². The summed E-state index contributed by atoms with van der Waals surface area (Å²) in [7, 11) is 0. The minimum atomic E-state index is -0.106. The van der Waals surface area contributed by atoms with Gasteiger partial charge in [0.25, 0.3) is 0 Å². The van der Waals surface area contributed by atoms with Crippen LogP contribution < -0.4 is 10.6 Å². The van der Waals surface area contributed by atoms with E-state index < -0.39 is 0 Å². The molecule has 0 spiro atoms. The van der Waals surface area contributed by atoms with Gasteiger partial charge in [0.15, 0.2) is 0 Å². The first-order valence-corrected chi connectivity index (χ1v) is 5.55. The van der Waals surface area contributed by atoms with Crippen molar-refractivity contribution >= 4 is 11.8 Å². The number of nitrogens with one attached hydrogen (secondary N) is 2. The summed E-state index contributed by atoms with van der Waals surface area (Å²) in [6.45, 7) is 6.88. The molecule has 0 heterocycles. The monoisotopic (exact) mass is 212 g/mol. The third-order valence-corrected chi connectivity index (χ3v) is 2.58. The van der Waals surface area contributed by atoms with Gasteiger partial charge >= 0.3 is 0 Å². The molecule has 1 aliphatic carbocycles. The molecule has 0 aromatic rings. The summed E-state index contributed by atoms with van der Waals surface area (Å²) in [4.78, 5) is 22.6. The fourth-order valence-corrected chi connectivity index (χ4v) is 1.37. The Bertz CT molecular complexity index is 251. The van der Waals surface area contributed by atoms with E-state index in [0.717, 1.165) is 6.42 Å². The van der Waals surface area contributed by atoms with E-state index in [-0.39, 0.29) is 24.3 Å². The average molecular weight is 212 g/mol. The van der Waals surface area contributed by atoms with E-state index in [2.05, 4.69) is 10.6 Å². The van der Waals surface area contributed by atoms with Crippen molar-refractivity contribution in [3.05, 3.63) is 0 Å². The average Bonchev–Trinajstić information content (AvgIpc) is 2.88. The standard InChI is InChI=1S/C11H20N2O2/c1-7(2)5-12-10(14)6-13-11(15)9-4-8(9)3/h7-9H,4-6H2,1-3H3,(H,12,14)(H,13,15)/t8-,9+/m0/s1. The van der Waals surface area contributed by atoms with E-state index in [1.165, 1.54) is 0 Å². The van der Waals surface area contributed by atoms with Crippen LogP contribution in [0.25, 0.3) is 0 Å². The molecule has 2 amide bonds. The highest BCUT2D eigenvalue weighted by Gasteiger charge is 2.38. The van der Waals surface area contributed by atoms with Crippen molar-refractivity contribution in [1.29, 1.82) is 0 Å². The first-order chi connectivity index (χ1) is 7.00. The van der Waals surface area contributed by atoms with Gasteiger partial charge in [-0.05, 0) is 18.3 Å². The second kappa shape index (κ2) is 5.14. The highest BCUT2D eigenvalue weighted by atomic mass is 16.2. The highest BCUT2D eigenvalue weighted by molar-refractivity contribution is 5.87. The Balaban J connectivity index is 2.08. The predicted octanol–water partition coefficient (Wildman–Crippen LogP) is 0.531. The second-order valence-corrected chi connectivity index (χ2v) is 4.74. The molecule has 0 aromatic heterocycles. The summed E-state index contributed by atoms with van der Waals surface area (Å²) in [6.07, 6.45) is 0.958. The Labute approximate surface area is 90.8 Å². The lowest BCUT2D eigenvalue weighted by Crippen LogP contribution is -2.38. The number of carbonyl (C=O) groups is 2. The van der Waals surface area contributed by atoms with Crippen molar-refractivity contribution in [2.75, 3.05) is 13.1 Å². The van der Waals surface area contributed by atoms with E-state index in [4.69, 9.17) is 0 Å². The Morgan fingerprint density at radius 1 is 1.33 bits per heavy atom. The van der Waals surface area contributed by atoms with Crippen LogP contribution in [-0.4, -0.2) is 24.9 Å². The summed E-state index contributed by atoms with van der Waals surface area (Å²) in [5.41, 5.74) is 0. The molecule has 2 N–H and O–H groups in total. The van der Waals surface area contributed by atoms with Crippen LogP contribution in [0.1, 0.15) is 27.2 Å². The Hall–Kier alpha value is -1.06. The predicted molar refractivity (Wildman–Crippen MR) is 58.1 cm³/mol. The molecule has 0 saturated heterocycles. The first kappa shape index (κ1) is 12.0. The second-order valence-electron chi connectivity index (χ2n) is 4.74. The lowest BCUT2D eigenvalue weighted by atomic mass is 10.2. The molecule has 15 heavy (non-hydrogen) atoms. The zero-order chi connectivity index (χ0) is 11.4. The number of hydrogen-bond acceptors (Lipinski definition) is 2. The molecule has 1 saturated carbocycles. The molecule has 0 bridgehead atoms. The van der Waals surface area contributed by atoms with Crippen molar-refractivity contribution < 1.29 is 9.59 Å². The number of amides is 2. The maximum atomic E-state index is 11.4. The summed E-state index contributed by atoms with van der Waals surface area (Å²) in [5.74, 6) is 0.979. The lowest BCUT2D eigenvalue weighted by Gasteiger charge is -2.08. The van der Waals surface area contributed by atoms with Crippen molar-refractivity contribution in [3.8, 4) is 0 Å². The smallest absolute Gasteiger partial charge is 0.239 e. The van der Waals surface area contributed by atoms with Gasteiger partial charge in [-0.1, -0.05) is 20.8 Å². The normalized spacial score (nSPS) is 23.7. The van der Waals surface area contributed by atoms with Gasteiger partial charge in [0.05, 0.1) is 6.54 Å². The zero-order valence-electron chi connectivity index (χ0n) is 9.67. The SMILES string of the molecule is CC(C)CNC(=O)CNC(=O)[C@@H]1C[C@@H]1C. The van der Waals surface area contributed by atoms with Gasteiger partial charge in [-0.2, -0.15) is 0 Å². The summed E-state index contributed by atoms with van der Waals surface area (Å²) < 4.78 is 0. The highest BCUT2D eigenvalue weighted by Crippen LogP contribution is 2.37. The van der Waals surface area contributed by atoms with Crippen LogP contribution in [0, 0.1) is 17.8 Å². The van der Waals surface area contributed by atoms with Crippen LogP contribution in [0.5, 0.6) is 0 Å². The van der Waals surface area contributed by atoms with E-state index >= 15 is 0 Å². The van der Waals surface area contributed by atoms with Crippen molar-refractivity contribution in [1.82, 2.24) is 10.6 Å². The lowest BCUT2D eigenvalue weighted by molar-refractivity contribution is -0.127. The van der Waals surface area contributed by atoms with Gasteiger partial charge < -0.3 is 10.6 Å². The minimum absolute atomic E-state index is 0.0159. The van der Waals surface area contributed by atoms with Gasteiger partial charge in [0.2, 0.25) is 11.8 Å². The van der Waals surface area contributed by atoms with Gasteiger partial charge in [-0.15, -0.1) is 0 Å². The Morgan fingerprint density at radius 3 is 2.40 bits per heavy atom. The molecular formula is C11H20N2O2. The largest absolute Gasteiger partial charge is 0.354 e. The summed E-state index contributed by atoms with van der Waals surface area (Å²) in [5, 5.41) is 5.40. The first-order valence-electron chi connectivity index (χ1n) is 5.55. The third-order valence-electron chi connectivity index (χ3n) is 2.58. The molecule has 0 aliphatic heterocycles. The number of rotatable bonds is 5. The molecule has 0 aromatic carbocycles. The zero-order valence-corrected chi connectivity index (χ0v) is 9.67. The van der Waals surface area contributed by atoms with Gasteiger partial charge in [-0.3, -0.25) is 9.59 Å². The molecule has 1 rings (SSSR count). The van der Waals surface area contributed by atoms with E-state index in [9.17, 15) is 9.59 Å².